The summed E-state index contributed by atoms with van der Waals surface area (Å²) in [7, 11) is 0. The number of hydrogen-bond donors (Lipinski definition) is 1. The van der Waals surface area contributed by atoms with Crippen LogP contribution in [0.3, 0.4) is 0 Å². The van der Waals surface area contributed by atoms with Crippen molar-refractivity contribution in [3.05, 3.63) is 47.5 Å². The predicted octanol–water partition coefficient (Wildman–Crippen LogP) is 2.27. The first kappa shape index (κ1) is 12.4. The Morgan fingerprint density at radius 2 is 2.00 bits per heavy atom. The van der Waals surface area contributed by atoms with E-state index < -0.39 is 0 Å². The van der Waals surface area contributed by atoms with Gasteiger partial charge in [-0.25, -0.2) is 9.07 Å². The number of aromatic nitrogens is 2. The Morgan fingerprint density at radius 1 is 1.32 bits per heavy atom. The molecule has 100 valence electrons. The molecule has 0 spiro atoms. The molecule has 3 N–H and O–H groups in total. The molecule has 19 heavy (non-hydrogen) atoms. The molecule has 0 bridgehead atoms. The lowest BCUT2D eigenvalue weighted by Gasteiger charge is -2.32. The molecule has 0 saturated heterocycles. The number of hydrogen-bond acceptors (Lipinski definition) is 1. The largest absolute Gasteiger partial charge is 0.351 e. The third kappa shape index (κ3) is 2.16. The Hall–Kier alpha value is -1.68. The van der Waals surface area contributed by atoms with E-state index in [0.717, 1.165) is 18.5 Å². The number of benzene rings is 1. The Morgan fingerprint density at radius 3 is 2.68 bits per heavy atom. The molecule has 0 aliphatic heterocycles. The van der Waals surface area contributed by atoms with Crippen molar-refractivity contribution >= 4 is 0 Å². The summed E-state index contributed by atoms with van der Waals surface area (Å²) < 4.78 is 14.9. The van der Waals surface area contributed by atoms with E-state index in [9.17, 15) is 4.39 Å². The molecular formula is C15H19FN3+. The average molecular weight is 260 g/mol. The van der Waals surface area contributed by atoms with Crippen molar-refractivity contribution in [1.82, 2.24) is 9.78 Å². The van der Waals surface area contributed by atoms with Gasteiger partial charge in [0.1, 0.15) is 11.9 Å². The van der Waals surface area contributed by atoms with Crippen LogP contribution in [0, 0.1) is 11.2 Å². The summed E-state index contributed by atoms with van der Waals surface area (Å²) in [6, 6.07) is 6.76. The van der Waals surface area contributed by atoms with Crippen LogP contribution >= 0.6 is 0 Å². The van der Waals surface area contributed by atoms with Crippen molar-refractivity contribution in [3.8, 4) is 5.69 Å². The summed E-state index contributed by atoms with van der Waals surface area (Å²) in [6.45, 7) is 4.52. The monoisotopic (exact) mass is 260 g/mol. The van der Waals surface area contributed by atoms with Gasteiger partial charge in [0.2, 0.25) is 0 Å². The van der Waals surface area contributed by atoms with Crippen molar-refractivity contribution in [1.29, 1.82) is 0 Å². The van der Waals surface area contributed by atoms with Gasteiger partial charge in [-0.05, 0) is 36.1 Å². The topological polar surface area (TPSA) is 45.5 Å². The van der Waals surface area contributed by atoms with Crippen LogP contribution in [-0.2, 0) is 6.42 Å². The van der Waals surface area contributed by atoms with Crippen molar-refractivity contribution < 1.29 is 10.1 Å². The molecule has 0 unspecified atom stereocenters. The third-order valence-corrected chi connectivity index (χ3v) is 3.86. The lowest BCUT2D eigenvalue weighted by atomic mass is 9.74. The van der Waals surface area contributed by atoms with Crippen LogP contribution < -0.4 is 5.73 Å². The fourth-order valence-corrected chi connectivity index (χ4v) is 3.01. The van der Waals surface area contributed by atoms with Crippen molar-refractivity contribution in [2.45, 2.75) is 32.7 Å². The molecule has 1 atom stereocenters. The van der Waals surface area contributed by atoms with E-state index in [2.05, 4.69) is 24.7 Å². The highest BCUT2D eigenvalue weighted by Gasteiger charge is 2.35. The Bertz CT molecular complexity index is 598. The molecule has 3 nitrogen and oxygen atoms in total. The summed E-state index contributed by atoms with van der Waals surface area (Å²) in [5.41, 5.74) is 7.82. The normalized spacial score (nSPS) is 21.2. The van der Waals surface area contributed by atoms with Gasteiger partial charge in [-0.3, -0.25) is 0 Å². The van der Waals surface area contributed by atoms with Crippen LogP contribution in [0.2, 0.25) is 0 Å². The minimum atomic E-state index is -0.222. The quantitative estimate of drug-likeness (QED) is 0.840. The minimum Gasteiger partial charge on any atom is -0.351 e. The lowest BCUT2D eigenvalue weighted by Crippen LogP contribution is -2.56. The second kappa shape index (κ2) is 4.17. The highest BCUT2D eigenvalue weighted by atomic mass is 19.1. The zero-order valence-electron chi connectivity index (χ0n) is 11.4. The number of nitrogens with zero attached hydrogens (tertiary/aromatic N) is 2. The fourth-order valence-electron chi connectivity index (χ4n) is 3.01. The SMILES string of the molecule is CC1(C)Cc2c(cnn2-c2ccc(F)cc2)[C@H]([NH3+])C1. The summed E-state index contributed by atoms with van der Waals surface area (Å²) in [5, 5.41) is 4.47. The molecule has 2 aromatic rings. The van der Waals surface area contributed by atoms with Crippen molar-refractivity contribution in [3.63, 3.8) is 0 Å². The van der Waals surface area contributed by atoms with Crippen molar-refractivity contribution in [2.24, 2.45) is 5.41 Å². The summed E-state index contributed by atoms with van der Waals surface area (Å²) in [6.07, 6.45) is 3.96. The molecule has 0 amide bonds. The summed E-state index contributed by atoms with van der Waals surface area (Å²) in [4.78, 5) is 0. The maximum absolute atomic E-state index is 13.0. The molecule has 1 aliphatic carbocycles. The Kier molecular flexibility index (Phi) is 2.71. The summed E-state index contributed by atoms with van der Waals surface area (Å²) in [5.74, 6) is -0.222. The van der Waals surface area contributed by atoms with Gasteiger partial charge in [0, 0.05) is 6.42 Å². The molecule has 0 saturated carbocycles. The van der Waals surface area contributed by atoms with Crippen LogP contribution in [0.4, 0.5) is 4.39 Å². The number of rotatable bonds is 1. The van der Waals surface area contributed by atoms with Gasteiger partial charge in [0.15, 0.2) is 0 Å². The summed E-state index contributed by atoms with van der Waals surface area (Å²) >= 11 is 0. The molecule has 1 aromatic heterocycles. The van der Waals surface area contributed by atoms with Gasteiger partial charge in [0.25, 0.3) is 0 Å². The smallest absolute Gasteiger partial charge is 0.123 e. The van der Waals surface area contributed by atoms with E-state index >= 15 is 0 Å². The van der Waals surface area contributed by atoms with Gasteiger partial charge in [0.05, 0.1) is 23.1 Å². The fraction of sp³-hybridized carbons (Fsp3) is 0.400. The second-order valence-electron chi connectivity index (χ2n) is 6.18. The van der Waals surface area contributed by atoms with Crippen LogP contribution in [0.25, 0.3) is 5.69 Å². The van der Waals surface area contributed by atoms with Gasteiger partial charge in [-0.15, -0.1) is 0 Å². The minimum absolute atomic E-state index is 0.222. The van der Waals surface area contributed by atoms with E-state index in [4.69, 9.17) is 0 Å². The zero-order valence-corrected chi connectivity index (χ0v) is 11.4. The van der Waals surface area contributed by atoms with Crippen LogP contribution in [0.15, 0.2) is 30.5 Å². The highest BCUT2D eigenvalue weighted by molar-refractivity contribution is 5.37. The maximum atomic E-state index is 13.0. The number of fused-ring (bicyclic) bond motifs is 1. The first-order valence-electron chi connectivity index (χ1n) is 6.62. The zero-order chi connectivity index (χ0) is 13.6. The predicted molar refractivity (Wildman–Crippen MR) is 71.3 cm³/mol. The lowest BCUT2D eigenvalue weighted by molar-refractivity contribution is -0.433. The van der Waals surface area contributed by atoms with E-state index in [1.165, 1.54) is 23.4 Å². The first-order chi connectivity index (χ1) is 8.96. The molecule has 1 aliphatic rings. The standard InChI is InChI=1S/C15H18FN3/c1-15(2)7-13(17)12-9-18-19(14(12)8-15)11-5-3-10(16)4-6-11/h3-6,9,13H,7-8,17H2,1-2H3/p+1/t13-/m1/s1. The maximum Gasteiger partial charge on any atom is 0.123 e. The molecule has 0 radical (unpaired) electrons. The number of halogens is 1. The highest BCUT2D eigenvalue weighted by Crippen LogP contribution is 2.39. The van der Waals surface area contributed by atoms with Crippen molar-refractivity contribution in [2.75, 3.05) is 0 Å². The molecule has 1 aromatic carbocycles. The van der Waals surface area contributed by atoms with Gasteiger partial charge in [-0.1, -0.05) is 13.8 Å². The van der Waals surface area contributed by atoms with Gasteiger partial charge in [-0.2, -0.15) is 5.10 Å². The van der Waals surface area contributed by atoms with Crippen LogP contribution in [-0.4, -0.2) is 9.78 Å². The average Bonchev–Trinajstić information content (AvgIpc) is 2.72. The Balaban J connectivity index is 2.08. The second-order valence-corrected chi connectivity index (χ2v) is 6.18. The third-order valence-electron chi connectivity index (χ3n) is 3.86. The first-order valence-corrected chi connectivity index (χ1v) is 6.62. The molecule has 3 rings (SSSR count). The van der Waals surface area contributed by atoms with Crippen LogP contribution in [0.1, 0.15) is 37.6 Å². The molecular weight excluding hydrogens is 241 g/mol. The molecule has 0 fully saturated rings. The molecule has 1 heterocycles. The number of quaternary nitrogens is 1. The van der Waals surface area contributed by atoms with E-state index in [1.807, 2.05) is 10.9 Å². The van der Waals surface area contributed by atoms with E-state index in [-0.39, 0.29) is 17.3 Å². The van der Waals surface area contributed by atoms with Crippen LogP contribution in [0.5, 0.6) is 0 Å². The van der Waals surface area contributed by atoms with Gasteiger partial charge >= 0.3 is 0 Å². The van der Waals surface area contributed by atoms with Gasteiger partial charge < -0.3 is 5.73 Å². The Labute approximate surface area is 112 Å². The van der Waals surface area contributed by atoms with E-state index in [0.29, 0.717) is 0 Å². The van der Waals surface area contributed by atoms with E-state index in [1.54, 1.807) is 12.1 Å². The molecule has 4 heteroatoms.